The minimum atomic E-state index is -5.08. The van der Waals surface area contributed by atoms with E-state index >= 15 is 0 Å². The molecule has 2 rings (SSSR count). The van der Waals surface area contributed by atoms with Crippen LogP contribution in [0, 0.1) is 0 Å². The molecule has 0 spiro atoms. The highest BCUT2D eigenvalue weighted by Gasteiger charge is 2.38. The number of rotatable bonds is 4. The van der Waals surface area contributed by atoms with Gasteiger partial charge in [0.05, 0.1) is 23.5 Å². The normalized spacial score (nSPS) is 18.0. The van der Waals surface area contributed by atoms with E-state index in [1.807, 2.05) is 0 Å². The molecule has 148 valence electrons. The van der Waals surface area contributed by atoms with Gasteiger partial charge in [-0.2, -0.15) is 18.3 Å². The number of aromatic nitrogens is 2. The van der Waals surface area contributed by atoms with Crippen LogP contribution in [0.5, 0.6) is 0 Å². The van der Waals surface area contributed by atoms with Gasteiger partial charge in [-0.1, -0.05) is 6.42 Å². The molecule has 0 radical (unpaired) electrons. The van der Waals surface area contributed by atoms with Crippen LogP contribution >= 0.6 is 0 Å². The number of aliphatic carboxylic acids is 1. The highest BCUT2D eigenvalue weighted by atomic mass is 19.4. The molecule has 1 aromatic heterocycles. The lowest BCUT2D eigenvalue weighted by Gasteiger charge is -2.35. The number of carbonyl (C=O) groups excluding carboxylic acids is 1. The molecule has 0 saturated carbocycles. The summed E-state index contributed by atoms with van der Waals surface area (Å²) >= 11 is 0. The second kappa shape index (κ2) is 9.53. The van der Waals surface area contributed by atoms with Crippen molar-refractivity contribution in [3.05, 3.63) is 17.5 Å². The van der Waals surface area contributed by atoms with Gasteiger partial charge in [0, 0.05) is 27.2 Å². The maximum absolute atomic E-state index is 12.2. The fourth-order valence-electron chi connectivity index (χ4n) is 2.71. The Morgan fingerprint density at radius 1 is 1.42 bits per heavy atom. The van der Waals surface area contributed by atoms with Crippen LogP contribution in [0.25, 0.3) is 0 Å². The number of nitrogens with one attached hydrogen (secondary N) is 1. The molecule has 1 aliphatic rings. The van der Waals surface area contributed by atoms with Crippen molar-refractivity contribution in [2.45, 2.75) is 31.5 Å². The van der Waals surface area contributed by atoms with Gasteiger partial charge < -0.3 is 15.7 Å². The van der Waals surface area contributed by atoms with E-state index in [0.29, 0.717) is 12.1 Å². The average Bonchev–Trinajstić information content (AvgIpc) is 3.03. The largest absolute Gasteiger partial charge is 0.490 e. The van der Waals surface area contributed by atoms with Crippen LogP contribution in [0.15, 0.2) is 6.20 Å². The van der Waals surface area contributed by atoms with Crippen LogP contribution in [0.4, 0.5) is 13.2 Å². The first kappa shape index (κ1) is 21.9. The number of carboxylic acids is 1. The molecule has 1 atom stereocenters. The highest BCUT2D eigenvalue weighted by molar-refractivity contribution is 5.94. The molecular weight excluding hydrogens is 355 g/mol. The lowest BCUT2D eigenvalue weighted by atomic mass is 9.96. The Kier molecular flexibility index (Phi) is 8.03. The molecule has 1 fully saturated rings. The van der Waals surface area contributed by atoms with Crippen molar-refractivity contribution in [3.63, 3.8) is 0 Å². The second-order valence-corrected chi connectivity index (χ2v) is 6.04. The molecule has 4 N–H and O–H groups in total. The number of hydrogen-bond donors (Lipinski definition) is 3. The Bertz CT molecular complexity index is 602. The maximum Gasteiger partial charge on any atom is 0.490 e. The Morgan fingerprint density at radius 2 is 2.04 bits per heavy atom. The van der Waals surface area contributed by atoms with Crippen LogP contribution in [0.2, 0.25) is 0 Å². The number of nitrogens with two attached hydrogens (primary N) is 1. The van der Waals surface area contributed by atoms with Gasteiger partial charge in [0.1, 0.15) is 0 Å². The smallest absolute Gasteiger partial charge is 0.475 e. The van der Waals surface area contributed by atoms with E-state index in [1.54, 1.807) is 25.2 Å². The van der Waals surface area contributed by atoms with E-state index in [0.717, 1.165) is 25.2 Å². The first-order valence-corrected chi connectivity index (χ1v) is 8.08. The molecule has 8 nitrogen and oxygen atoms in total. The van der Waals surface area contributed by atoms with Crippen LogP contribution < -0.4 is 5.73 Å². The minimum Gasteiger partial charge on any atom is -0.475 e. The number of carbonyl (C=O) groups is 2. The maximum atomic E-state index is 12.2. The van der Waals surface area contributed by atoms with E-state index in [9.17, 15) is 18.0 Å². The first-order chi connectivity index (χ1) is 12.1. The van der Waals surface area contributed by atoms with Gasteiger partial charge in [0.25, 0.3) is 5.91 Å². The zero-order valence-electron chi connectivity index (χ0n) is 14.7. The third kappa shape index (κ3) is 5.99. The molecule has 2 heterocycles. The van der Waals surface area contributed by atoms with Crippen LogP contribution in [-0.2, 0) is 4.79 Å². The standard InChI is InChI=1S/C13H23N5O.C2HF3O2/c1-17(2)13(19)10-9-15-16-12(10)11-5-3-4-7-18(11)8-6-14;3-2(4,5)1(6)7/h9,11H,3-8,14H2,1-2H3,(H,15,16);(H,6,7). The van der Waals surface area contributed by atoms with Crippen LogP contribution in [0.1, 0.15) is 41.4 Å². The third-order valence-electron chi connectivity index (χ3n) is 3.91. The lowest BCUT2D eigenvalue weighted by molar-refractivity contribution is -0.192. The van der Waals surface area contributed by atoms with Crippen LogP contribution in [-0.4, -0.2) is 76.9 Å². The van der Waals surface area contributed by atoms with Gasteiger partial charge in [0.2, 0.25) is 0 Å². The van der Waals surface area contributed by atoms with E-state index in [4.69, 9.17) is 15.6 Å². The average molecular weight is 379 g/mol. The fourth-order valence-corrected chi connectivity index (χ4v) is 2.71. The molecule has 1 saturated heterocycles. The van der Waals surface area contributed by atoms with Gasteiger partial charge in [-0.3, -0.25) is 14.8 Å². The monoisotopic (exact) mass is 379 g/mol. The Balaban J connectivity index is 0.000000412. The van der Waals surface area contributed by atoms with Crippen molar-refractivity contribution in [2.75, 3.05) is 33.7 Å². The van der Waals surface area contributed by atoms with E-state index < -0.39 is 12.1 Å². The molecule has 0 bridgehead atoms. The number of amides is 1. The Hall–Kier alpha value is -2.14. The predicted octanol–water partition coefficient (Wildman–Crippen LogP) is 1.23. The van der Waals surface area contributed by atoms with E-state index in [1.165, 1.54) is 12.8 Å². The molecule has 1 aromatic rings. The van der Waals surface area contributed by atoms with E-state index in [2.05, 4.69) is 15.1 Å². The zero-order valence-corrected chi connectivity index (χ0v) is 14.7. The van der Waals surface area contributed by atoms with E-state index in [-0.39, 0.29) is 11.9 Å². The first-order valence-electron chi connectivity index (χ1n) is 8.08. The highest BCUT2D eigenvalue weighted by Crippen LogP contribution is 2.31. The number of H-pyrrole nitrogens is 1. The van der Waals surface area contributed by atoms with Gasteiger partial charge in [0.15, 0.2) is 0 Å². The van der Waals surface area contributed by atoms with Crippen molar-refractivity contribution < 1.29 is 27.9 Å². The third-order valence-corrected chi connectivity index (χ3v) is 3.91. The van der Waals surface area contributed by atoms with Crippen molar-refractivity contribution in [2.24, 2.45) is 5.73 Å². The summed E-state index contributed by atoms with van der Waals surface area (Å²) in [4.78, 5) is 25.0. The quantitative estimate of drug-likeness (QED) is 0.725. The summed E-state index contributed by atoms with van der Waals surface area (Å²) in [7, 11) is 3.52. The topological polar surface area (TPSA) is 116 Å². The van der Waals surface area contributed by atoms with Crippen molar-refractivity contribution in [1.29, 1.82) is 0 Å². The number of likely N-dealkylation sites (tertiary alicyclic amines) is 1. The second-order valence-electron chi connectivity index (χ2n) is 6.04. The number of hydrogen-bond acceptors (Lipinski definition) is 5. The van der Waals surface area contributed by atoms with Gasteiger partial charge >= 0.3 is 12.1 Å². The van der Waals surface area contributed by atoms with Crippen molar-refractivity contribution >= 4 is 11.9 Å². The summed E-state index contributed by atoms with van der Waals surface area (Å²) in [5, 5.41) is 14.2. The summed E-state index contributed by atoms with van der Waals surface area (Å²) < 4.78 is 31.7. The number of aromatic amines is 1. The molecule has 1 aliphatic heterocycles. The summed E-state index contributed by atoms with van der Waals surface area (Å²) in [5.41, 5.74) is 7.29. The number of alkyl halides is 3. The molecule has 1 amide bonds. The summed E-state index contributed by atoms with van der Waals surface area (Å²) in [6.45, 7) is 2.54. The molecule has 1 unspecified atom stereocenters. The summed E-state index contributed by atoms with van der Waals surface area (Å²) in [6.07, 6.45) is -0.0231. The number of carboxylic acid groups (broad SMARTS) is 1. The SMILES string of the molecule is CN(C)C(=O)c1cn[nH]c1C1CCCCN1CCN.O=C(O)C(F)(F)F. The molecule has 26 heavy (non-hydrogen) atoms. The predicted molar refractivity (Wildman–Crippen MR) is 87.5 cm³/mol. The minimum absolute atomic E-state index is 0.00187. The van der Waals surface area contributed by atoms with Crippen molar-refractivity contribution in [1.82, 2.24) is 20.0 Å². The van der Waals surface area contributed by atoms with Gasteiger partial charge in [-0.15, -0.1) is 0 Å². The van der Waals surface area contributed by atoms with Gasteiger partial charge in [-0.25, -0.2) is 4.79 Å². The summed E-state index contributed by atoms with van der Waals surface area (Å²) in [6, 6.07) is 0.235. The Labute approximate surface area is 149 Å². The van der Waals surface area contributed by atoms with Crippen LogP contribution in [0.3, 0.4) is 0 Å². The molecule has 11 heteroatoms. The van der Waals surface area contributed by atoms with Crippen molar-refractivity contribution in [3.8, 4) is 0 Å². The van der Waals surface area contributed by atoms with Gasteiger partial charge in [-0.05, 0) is 19.4 Å². The lowest BCUT2D eigenvalue weighted by Crippen LogP contribution is -2.38. The summed E-state index contributed by atoms with van der Waals surface area (Å²) in [5.74, 6) is -2.76. The number of nitrogens with zero attached hydrogens (tertiary/aromatic N) is 3. The number of halogens is 3. The fraction of sp³-hybridized carbons (Fsp3) is 0.667. The number of piperidine rings is 1. The molecular formula is C15H24F3N5O3. The zero-order chi connectivity index (χ0) is 19.9. The molecule has 0 aromatic carbocycles. The Morgan fingerprint density at radius 3 is 2.54 bits per heavy atom. The molecule has 0 aliphatic carbocycles.